The number of benzene rings is 2. The molecule has 0 atom stereocenters. The molecule has 0 bridgehead atoms. The van der Waals surface area contributed by atoms with E-state index in [1.54, 1.807) is 0 Å². The molecule has 2 aromatic carbocycles. The van der Waals surface area contributed by atoms with Gasteiger partial charge in [-0.15, -0.1) is 0 Å². The number of halogens is 1. The average molecular weight is 388 g/mol. The highest BCUT2D eigenvalue weighted by Crippen LogP contribution is 2.25. The smallest absolute Gasteiger partial charge is 0.321 e. The van der Waals surface area contributed by atoms with Crippen LogP contribution in [0.3, 0.4) is 0 Å². The Kier molecular flexibility index (Phi) is 5.09. The van der Waals surface area contributed by atoms with Gasteiger partial charge in [-0.3, -0.25) is 0 Å². The summed E-state index contributed by atoms with van der Waals surface area (Å²) in [6.45, 7) is 7.29. The quantitative estimate of drug-likeness (QED) is 0.827. The molecule has 4 nitrogen and oxygen atoms in total. The fraction of sp³-hybridized carbons (Fsp3) is 0.316. The molecular formula is C19H22BrN3O. The fourth-order valence-electron chi connectivity index (χ4n) is 3.03. The lowest BCUT2D eigenvalue weighted by Crippen LogP contribution is -2.50. The van der Waals surface area contributed by atoms with Gasteiger partial charge in [0.2, 0.25) is 0 Å². The number of hydrogen-bond acceptors (Lipinski definition) is 2. The summed E-state index contributed by atoms with van der Waals surface area (Å²) in [5.41, 5.74) is 4.46. The van der Waals surface area contributed by atoms with Gasteiger partial charge < -0.3 is 15.1 Å². The Hall–Kier alpha value is -2.01. The van der Waals surface area contributed by atoms with Crippen LogP contribution < -0.4 is 10.2 Å². The molecule has 0 spiro atoms. The molecule has 0 saturated carbocycles. The molecule has 1 aliphatic rings. The van der Waals surface area contributed by atoms with Crippen LogP contribution in [-0.2, 0) is 0 Å². The molecule has 5 heteroatoms. The number of piperazine rings is 1. The van der Waals surface area contributed by atoms with Crippen molar-refractivity contribution in [3.63, 3.8) is 0 Å². The minimum absolute atomic E-state index is 0.0171. The zero-order valence-corrected chi connectivity index (χ0v) is 15.6. The van der Waals surface area contributed by atoms with Crippen LogP contribution in [0.5, 0.6) is 0 Å². The van der Waals surface area contributed by atoms with Crippen LogP contribution in [0.1, 0.15) is 11.1 Å². The van der Waals surface area contributed by atoms with Gasteiger partial charge in [0.05, 0.1) is 0 Å². The Morgan fingerprint density at radius 1 is 1.00 bits per heavy atom. The van der Waals surface area contributed by atoms with E-state index in [0.29, 0.717) is 0 Å². The molecule has 2 amide bonds. The van der Waals surface area contributed by atoms with E-state index in [-0.39, 0.29) is 6.03 Å². The first-order valence-corrected chi connectivity index (χ1v) is 8.96. The van der Waals surface area contributed by atoms with Gasteiger partial charge in [-0.1, -0.05) is 34.1 Å². The monoisotopic (exact) mass is 387 g/mol. The predicted octanol–water partition coefficient (Wildman–Crippen LogP) is 4.42. The Labute approximate surface area is 151 Å². The third-order valence-electron chi connectivity index (χ3n) is 4.45. The zero-order chi connectivity index (χ0) is 17.1. The van der Waals surface area contributed by atoms with Crippen LogP contribution >= 0.6 is 15.9 Å². The first-order chi connectivity index (χ1) is 11.5. The molecule has 1 heterocycles. The standard InChI is InChI=1S/C19H22BrN3O/c1-14-5-3-4-6-17(14)21-19(24)23-11-9-22(10-12-23)18-8-7-16(20)13-15(18)2/h3-8,13H,9-12H2,1-2H3,(H,21,24). The number of para-hydroxylation sites is 1. The molecule has 2 aromatic rings. The van der Waals surface area contributed by atoms with Crippen molar-refractivity contribution in [2.24, 2.45) is 0 Å². The Morgan fingerprint density at radius 3 is 2.38 bits per heavy atom. The van der Waals surface area contributed by atoms with Crippen molar-refractivity contribution in [3.05, 3.63) is 58.1 Å². The number of nitrogens with one attached hydrogen (secondary N) is 1. The minimum Gasteiger partial charge on any atom is -0.368 e. The number of aryl methyl sites for hydroxylation is 2. The second-order valence-corrected chi connectivity index (χ2v) is 7.07. The summed E-state index contributed by atoms with van der Waals surface area (Å²) in [6, 6.07) is 14.2. The number of anilines is 2. The third-order valence-corrected chi connectivity index (χ3v) is 4.95. The van der Waals surface area contributed by atoms with Crippen molar-refractivity contribution in [2.45, 2.75) is 13.8 Å². The number of nitrogens with zero attached hydrogens (tertiary/aromatic N) is 2. The number of rotatable bonds is 2. The van der Waals surface area contributed by atoms with Gasteiger partial charge in [0, 0.05) is 42.0 Å². The summed E-state index contributed by atoms with van der Waals surface area (Å²) < 4.78 is 1.10. The van der Waals surface area contributed by atoms with Crippen LogP contribution in [0.4, 0.5) is 16.2 Å². The maximum absolute atomic E-state index is 12.5. The molecule has 0 unspecified atom stereocenters. The topological polar surface area (TPSA) is 35.6 Å². The Balaban J connectivity index is 1.60. The zero-order valence-electron chi connectivity index (χ0n) is 14.1. The molecule has 24 heavy (non-hydrogen) atoms. The molecule has 126 valence electrons. The molecular weight excluding hydrogens is 366 g/mol. The van der Waals surface area contributed by atoms with Crippen LogP contribution in [0.15, 0.2) is 46.9 Å². The summed E-state index contributed by atoms with van der Waals surface area (Å²) in [7, 11) is 0. The van der Waals surface area contributed by atoms with Gasteiger partial charge in [-0.25, -0.2) is 4.79 Å². The molecule has 0 aliphatic carbocycles. The fourth-order valence-corrected chi connectivity index (χ4v) is 3.51. The van der Waals surface area contributed by atoms with Gasteiger partial charge in [-0.2, -0.15) is 0 Å². The van der Waals surface area contributed by atoms with E-state index < -0.39 is 0 Å². The van der Waals surface area contributed by atoms with Crippen molar-refractivity contribution < 1.29 is 4.79 Å². The van der Waals surface area contributed by atoms with Crippen LogP contribution in [0.25, 0.3) is 0 Å². The average Bonchev–Trinajstić information content (AvgIpc) is 2.57. The number of carbonyl (C=O) groups is 1. The van der Waals surface area contributed by atoms with Crippen LogP contribution in [0, 0.1) is 13.8 Å². The molecule has 0 aromatic heterocycles. The highest BCUT2D eigenvalue weighted by atomic mass is 79.9. The van der Waals surface area contributed by atoms with E-state index in [0.717, 1.165) is 41.9 Å². The van der Waals surface area contributed by atoms with E-state index in [2.05, 4.69) is 51.3 Å². The van der Waals surface area contributed by atoms with Crippen molar-refractivity contribution >= 4 is 33.3 Å². The maximum Gasteiger partial charge on any atom is 0.321 e. The minimum atomic E-state index is -0.0171. The molecule has 3 rings (SSSR count). The third kappa shape index (κ3) is 3.73. The highest BCUT2D eigenvalue weighted by molar-refractivity contribution is 9.10. The maximum atomic E-state index is 12.5. The van der Waals surface area contributed by atoms with Crippen molar-refractivity contribution in [1.82, 2.24) is 4.90 Å². The van der Waals surface area contributed by atoms with E-state index in [4.69, 9.17) is 0 Å². The Morgan fingerprint density at radius 2 is 1.71 bits per heavy atom. The van der Waals surface area contributed by atoms with E-state index in [1.807, 2.05) is 36.1 Å². The largest absolute Gasteiger partial charge is 0.368 e. The summed E-state index contributed by atoms with van der Waals surface area (Å²) >= 11 is 3.51. The van der Waals surface area contributed by atoms with Gasteiger partial charge >= 0.3 is 6.03 Å². The second-order valence-electron chi connectivity index (χ2n) is 6.15. The van der Waals surface area contributed by atoms with Crippen molar-refractivity contribution in [2.75, 3.05) is 36.4 Å². The summed E-state index contributed by atoms with van der Waals surface area (Å²) in [5.74, 6) is 0. The van der Waals surface area contributed by atoms with Crippen molar-refractivity contribution in [1.29, 1.82) is 0 Å². The molecule has 1 fully saturated rings. The normalized spacial score (nSPS) is 14.6. The highest BCUT2D eigenvalue weighted by Gasteiger charge is 2.22. The molecule has 1 saturated heterocycles. The summed E-state index contributed by atoms with van der Waals surface area (Å²) in [6.07, 6.45) is 0. The number of carbonyl (C=O) groups excluding carboxylic acids is 1. The van der Waals surface area contributed by atoms with Gasteiger partial charge in [0.15, 0.2) is 0 Å². The van der Waals surface area contributed by atoms with E-state index in [9.17, 15) is 4.79 Å². The molecule has 1 N–H and O–H groups in total. The lowest BCUT2D eigenvalue weighted by Gasteiger charge is -2.36. The first kappa shape index (κ1) is 16.8. The lowest BCUT2D eigenvalue weighted by molar-refractivity contribution is 0.208. The number of amides is 2. The molecule has 0 radical (unpaired) electrons. The lowest BCUT2D eigenvalue weighted by atomic mass is 10.1. The molecule has 1 aliphatic heterocycles. The number of hydrogen-bond donors (Lipinski definition) is 1. The van der Waals surface area contributed by atoms with Crippen LogP contribution in [-0.4, -0.2) is 37.1 Å². The van der Waals surface area contributed by atoms with Crippen molar-refractivity contribution in [3.8, 4) is 0 Å². The summed E-state index contributed by atoms with van der Waals surface area (Å²) in [5, 5.41) is 3.02. The number of urea groups is 1. The summed E-state index contributed by atoms with van der Waals surface area (Å²) in [4.78, 5) is 16.7. The second kappa shape index (κ2) is 7.26. The van der Waals surface area contributed by atoms with Gasteiger partial charge in [0.1, 0.15) is 0 Å². The van der Waals surface area contributed by atoms with Gasteiger partial charge in [0.25, 0.3) is 0 Å². The van der Waals surface area contributed by atoms with Crippen LogP contribution in [0.2, 0.25) is 0 Å². The van der Waals surface area contributed by atoms with Gasteiger partial charge in [-0.05, 0) is 49.2 Å². The Bertz CT molecular complexity index is 739. The van der Waals surface area contributed by atoms with E-state index in [1.165, 1.54) is 11.3 Å². The first-order valence-electron chi connectivity index (χ1n) is 8.17. The van der Waals surface area contributed by atoms with E-state index >= 15 is 0 Å². The predicted molar refractivity (Wildman–Crippen MR) is 103 cm³/mol. The SMILES string of the molecule is Cc1ccccc1NC(=O)N1CCN(c2ccc(Br)cc2C)CC1.